The first-order valence-electron chi connectivity index (χ1n) is 4.39. The molecule has 76 valence electrons. The number of hydrogen-bond acceptors (Lipinski definition) is 2. The van der Waals surface area contributed by atoms with E-state index in [0.29, 0.717) is 15.8 Å². The second kappa shape index (κ2) is 3.30. The van der Waals surface area contributed by atoms with Gasteiger partial charge in [-0.05, 0) is 25.0 Å². The first-order valence-corrected chi connectivity index (χ1v) is 5.15. The number of benzene rings is 1. The van der Waals surface area contributed by atoms with E-state index in [9.17, 15) is 0 Å². The summed E-state index contributed by atoms with van der Waals surface area (Å²) < 4.78 is 5.23. The van der Waals surface area contributed by atoms with Crippen LogP contribution < -0.4 is 10.5 Å². The highest BCUT2D eigenvalue weighted by molar-refractivity contribution is 6.35. The second-order valence-electron chi connectivity index (χ2n) is 3.62. The van der Waals surface area contributed by atoms with Gasteiger partial charge in [-0.1, -0.05) is 23.2 Å². The maximum atomic E-state index is 6.08. The molecule has 0 spiro atoms. The summed E-state index contributed by atoms with van der Waals surface area (Å²) in [6.45, 7) is 0. The van der Waals surface area contributed by atoms with E-state index in [2.05, 4.69) is 0 Å². The molecule has 1 fully saturated rings. The Morgan fingerprint density at radius 3 is 2.50 bits per heavy atom. The molecule has 1 aliphatic rings. The van der Waals surface area contributed by atoms with Crippen molar-refractivity contribution in [2.75, 3.05) is 7.11 Å². The molecule has 0 atom stereocenters. The van der Waals surface area contributed by atoms with E-state index < -0.39 is 0 Å². The summed E-state index contributed by atoms with van der Waals surface area (Å²) in [7, 11) is 1.59. The second-order valence-corrected chi connectivity index (χ2v) is 4.47. The molecule has 1 aromatic carbocycles. The normalized spacial score (nSPS) is 18.0. The van der Waals surface area contributed by atoms with Crippen LogP contribution in [0.15, 0.2) is 12.1 Å². The summed E-state index contributed by atoms with van der Waals surface area (Å²) in [4.78, 5) is 0. The quantitative estimate of drug-likeness (QED) is 0.850. The molecular formula is C10H11Cl2NO. The van der Waals surface area contributed by atoms with E-state index in [1.165, 1.54) is 0 Å². The van der Waals surface area contributed by atoms with Crippen molar-refractivity contribution in [1.29, 1.82) is 0 Å². The Bertz CT molecular complexity index is 375. The van der Waals surface area contributed by atoms with Crippen LogP contribution in [0.2, 0.25) is 10.0 Å². The lowest BCUT2D eigenvalue weighted by Gasteiger charge is -2.15. The molecule has 2 nitrogen and oxygen atoms in total. The Balaban J connectivity index is 2.56. The fourth-order valence-corrected chi connectivity index (χ4v) is 2.11. The van der Waals surface area contributed by atoms with Crippen molar-refractivity contribution in [3.63, 3.8) is 0 Å². The molecule has 2 rings (SSSR count). The SMILES string of the molecule is COc1c(Cl)cc(Cl)cc1C1(N)CC1. The molecule has 0 bridgehead atoms. The van der Waals surface area contributed by atoms with Crippen molar-refractivity contribution in [2.45, 2.75) is 18.4 Å². The molecule has 0 amide bonds. The Hall–Kier alpha value is -0.440. The predicted octanol–water partition coefficient (Wildman–Crippen LogP) is 2.95. The minimum atomic E-state index is -0.278. The smallest absolute Gasteiger partial charge is 0.142 e. The van der Waals surface area contributed by atoms with E-state index in [4.69, 9.17) is 33.7 Å². The number of hydrogen-bond donors (Lipinski definition) is 1. The molecule has 4 heteroatoms. The highest BCUT2D eigenvalue weighted by Gasteiger charge is 2.42. The zero-order valence-electron chi connectivity index (χ0n) is 7.81. The molecule has 1 saturated carbocycles. The highest BCUT2D eigenvalue weighted by atomic mass is 35.5. The number of methoxy groups -OCH3 is 1. The topological polar surface area (TPSA) is 35.2 Å². The van der Waals surface area contributed by atoms with Gasteiger partial charge in [0.2, 0.25) is 0 Å². The van der Waals surface area contributed by atoms with Crippen LogP contribution in [-0.4, -0.2) is 7.11 Å². The third-order valence-electron chi connectivity index (χ3n) is 2.54. The maximum Gasteiger partial charge on any atom is 0.142 e. The molecule has 0 aliphatic heterocycles. The Labute approximate surface area is 92.9 Å². The maximum absolute atomic E-state index is 6.08. The van der Waals surface area contributed by atoms with Gasteiger partial charge in [0.25, 0.3) is 0 Å². The number of rotatable bonds is 2. The molecule has 0 aromatic heterocycles. The van der Waals surface area contributed by atoms with E-state index in [1.807, 2.05) is 6.07 Å². The molecule has 14 heavy (non-hydrogen) atoms. The van der Waals surface area contributed by atoms with Crippen molar-refractivity contribution in [2.24, 2.45) is 5.73 Å². The number of nitrogens with two attached hydrogens (primary N) is 1. The Morgan fingerprint density at radius 2 is 2.00 bits per heavy atom. The summed E-state index contributed by atoms with van der Waals surface area (Å²) in [5, 5.41) is 1.12. The first-order chi connectivity index (χ1) is 6.57. The number of halogens is 2. The molecule has 1 aromatic rings. The van der Waals surface area contributed by atoms with Crippen LogP contribution in [0.25, 0.3) is 0 Å². The average Bonchev–Trinajstić information content (AvgIpc) is 2.84. The van der Waals surface area contributed by atoms with Gasteiger partial charge in [-0.15, -0.1) is 0 Å². The van der Waals surface area contributed by atoms with Gasteiger partial charge in [0.1, 0.15) is 5.75 Å². The fourth-order valence-electron chi connectivity index (χ4n) is 1.54. The van der Waals surface area contributed by atoms with Gasteiger partial charge in [-0.3, -0.25) is 0 Å². The minimum absolute atomic E-state index is 0.278. The number of ether oxygens (including phenoxy) is 1. The van der Waals surface area contributed by atoms with Gasteiger partial charge in [0.05, 0.1) is 12.1 Å². The largest absolute Gasteiger partial charge is 0.495 e. The average molecular weight is 232 g/mol. The molecular weight excluding hydrogens is 221 g/mol. The van der Waals surface area contributed by atoms with Gasteiger partial charge >= 0.3 is 0 Å². The highest BCUT2D eigenvalue weighted by Crippen LogP contribution is 2.49. The van der Waals surface area contributed by atoms with Gasteiger partial charge < -0.3 is 10.5 Å². The Kier molecular flexibility index (Phi) is 2.38. The lowest BCUT2D eigenvalue weighted by Crippen LogP contribution is -2.19. The zero-order chi connectivity index (χ0) is 10.3. The van der Waals surface area contributed by atoms with Crippen LogP contribution in [0.5, 0.6) is 5.75 Å². The third kappa shape index (κ3) is 1.58. The molecule has 0 heterocycles. The standard InChI is InChI=1S/C10H11Cl2NO/c1-14-9-7(10(13)2-3-10)4-6(11)5-8(9)12/h4-5H,2-3,13H2,1H3. The van der Waals surface area contributed by atoms with E-state index >= 15 is 0 Å². The van der Waals surface area contributed by atoms with E-state index in [1.54, 1.807) is 13.2 Å². The van der Waals surface area contributed by atoms with Gasteiger partial charge in [0, 0.05) is 16.1 Å². The molecule has 2 N–H and O–H groups in total. The van der Waals surface area contributed by atoms with E-state index in [-0.39, 0.29) is 5.54 Å². The predicted molar refractivity (Wildman–Crippen MR) is 58.1 cm³/mol. The summed E-state index contributed by atoms with van der Waals surface area (Å²) in [6.07, 6.45) is 1.92. The van der Waals surface area contributed by atoms with Crippen LogP contribution in [0.4, 0.5) is 0 Å². The fraction of sp³-hybridized carbons (Fsp3) is 0.400. The lowest BCUT2D eigenvalue weighted by atomic mass is 10.0. The summed E-state index contributed by atoms with van der Waals surface area (Å²) in [5.41, 5.74) is 6.72. The van der Waals surface area contributed by atoms with Gasteiger partial charge in [-0.25, -0.2) is 0 Å². The Morgan fingerprint density at radius 1 is 1.36 bits per heavy atom. The monoisotopic (exact) mass is 231 g/mol. The lowest BCUT2D eigenvalue weighted by molar-refractivity contribution is 0.404. The van der Waals surface area contributed by atoms with Crippen LogP contribution >= 0.6 is 23.2 Å². The third-order valence-corrected chi connectivity index (χ3v) is 3.04. The van der Waals surface area contributed by atoms with Crippen LogP contribution in [0.1, 0.15) is 18.4 Å². The summed E-state index contributed by atoms with van der Waals surface area (Å²) >= 11 is 11.9. The van der Waals surface area contributed by atoms with Crippen LogP contribution in [0, 0.1) is 0 Å². The van der Waals surface area contributed by atoms with E-state index in [0.717, 1.165) is 18.4 Å². The molecule has 0 saturated heterocycles. The summed E-state index contributed by atoms with van der Waals surface area (Å²) in [6, 6.07) is 3.50. The van der Waals surface area contributed by atoms with Gasteiger partial charge in [-0.2, -0.15) is 0 Å². The van der Waals surface area contributed by atoms with Crippen LogP contribution in [-0.2, 0) is 5.54 Å². The van der Waals surface area contributed by atoms with Crippen molar-refractivity contribution >= 4 is 23.2 Å². The van der Waals surface area contributed by atoms with Crippen molar-refractivity contribution in [3.8, 4) is 5.75 Å². The van der Waals surface area contributed by atoms with Crippen molar-refractivity contribution < 1.29 is 4.74 Å². The van der Waals surface area contributed by atoms with Crippen LogP contribution in [0.3, 0.4) is 0 Å². The van der Waals surface area contributed by atoms with Crippen molar-refractivity contribution in [1.82, 2.24) is 0 Å². The summed E-state index contributed by atoms with van der Waals surface area (Å²) in [5.74, 6) is 0.649. The molecule has 1 aliphatic carbocycles. The zero-order valence-corrected chi connectivity index (χ0v) is 9.32. The van der Waals surface area contributed by atoms with Crippen molar-refractivity contribution in [3.05, 3.63) is 27.7 Å². The first kappa shape index (κ1) is 10.1. The molecule has 0 radical (unpaired) electrons. The minimum Gasteiger partial charge on any atom is -0.495 e. The molecule has 0 unspecified atom stereocenters. The van der Waals surface area contributed by atoms with Gasteiger partial charge in [0.15, 0.2) is 0 Å².